The molecule has 0 amide bonds. The Hall–Kier alpha value is -1.30. The monoisotopic (exact) mass is 280 g/mol. The van der Waals surface area contributed by atoms with Gasteiger partial charge in [0, 0.05) is 0 Å². The van der Waals surface area contributed by atoms with Crippen molar-refractivity contribution in [1.29, 1.82) is 0 Å². The molecule has 0 nitrogen and oxygen atoms in total. The van der Waals surface area contributed by atoms with Crippen LogP contribution in [0.15, 0.2) is 36.4 Å². The van der Waals surface area contributed by atoms with Gasteiger partial charge in [0.25, 0.3) is 0 Å². The van der Waals surface area contributed by atoms with E-state index in [0.29, 0.717) is 0 Å². The van der Waals surface area contributed by atoms with Crippen LogP contribution in [-0.2, 0) is 12.8 Å². The number of benzene rings is 1. The van der Waals surface area contributed by atoms with Crippen molar-refractivity contribution in [2.75, 3.05) is 0 Å². The van der Waals surface area contributed by atoms with Crippen molar-refractivity contribution in [3.8, 4) is 0 Å². The van der Waals surface area contributed by atoms with E-state index in [4.69, 9.17) is 0 Å². The third-order valence-electron chi connectivity index (χ3n) is 5.24. The lowest BCUT2D eigenvalue weighted by molar-refractivity contribution is 0.401. The van der Waals surface area contributed by atoms with Gasteiger partial charge in [0.15, 0.2) is 0 Å². The molecule has 21 heavy (non-hydrogen) atoms. The van der Waals surface area contributed by atoms with E-state index in [2.05, 4.69) is 30.9 Å². The minimum atomic E-state index is 0.875. The Kier molecular flexibility index (Phi) is 4.95. The Bertz CT molecular complexity index is 515. The molecule has 112 valence electrons. The van der Waals surface area contributed by atoms with E-state index in [1.165, 1.54) is 57.8 Å². The van der Waals surface area contributed by atoms with Crippen LogP contribution in [0.3, 0.4) is 0 Å². The lowest BCUT2D eigenvalue weighted by atomic mass is 9.83. The SMILES string of the molecule is C=CCCCCc1cccc2c1C=C(C1CCCCC1)C2. The van der Waals surface area contributed by atoms with Crippen LogP contribution in [0.5, 0.6) is 0 Å². The summed E-state index contributed by atoms with van der Waals surface area (Å²) in [5, 5.41) is 0. The highest BCUT2D eigenvalue weighted by molar-refractivity contribution is 5.67. The zero-order chi connectivity index (χ0) is 14.5. The molecule has 0 unspecified atom stereocenters. The van der Waals surface area contributed by atoms with Crippen LogP contribution in [-0.4, -0.2) is 0 Å². The number of allylic oxidation sites excluding steroid dienone is 2. The smallest absolute Gasteiger partial charge is 0.00549 e. The number of hydrogen-bond donors (Lipinski definition) is 0. The predicted octanol–water partition coefficient (Wildman–Crippen LogP) is 6.11. The molecule has 0 aliphatic heterocycles. The van der Waals surface area contributed by atoms with Gasteiger partial charge in [-0.2, -0.15) is 0 Å². The molecule has 1 fully saturated rings. The van der Waals surface area contributed by atoms with Gasteiger partial charge in [-0.15, -0.1) is 6.58 Å². The zero-order valence-corrected chi connectivity index (χ0v) is 13.2. The van der Waals surface area contributed by atoms with Gasteiger partial charge in [-0.25, -0.2) is 0 Å². The summed E-state index contributed by atoms with van der Waals surface area (Å²) >= 11 is 0. The molecule has 0 bridgehead atoms. The number of rotatable bonds is 6. The second kappa shape index (κ2) is 7.11. The summed E-state index contributed by atoms with van der Waals surface area (Å²) in [4.78, 5) is 0. The number of aryl methyl sites for hydroxylation is 1. The Morgan fingerprint density at radius 3 is 2.76 bits per heavy atom. The maximum atomic E-state index is 3.82. The largest absolute Gasteiger partial charge is 0.103 e. The van der Waals surface area contributed by atoms with Crippen molar-refractivity contribution in [3.63, 3.8) is 0 Å². The van der Waals surface area contributed by atoms with Crippen molar-refractivity contribution in [2.45, 2.75) is 64.2 Å². The number of hydrogen-bond acceptors (Lipinski definition) is 0. The Morgan fingerprint density at radius 2 is 1.95 bits per heavy atom. The molecule has 3 rings (SSSR count). The molecule has 0 aromatic heterocycles. The summed E-state index contributed by atoms with van der Waals surface area (Å²) in [6.45, 7) is 3.82. The van der Waals surface area contributed by atoms with Crippen LogP contribution in [0, 0.1) is 5.92 Å². The highest BCUT2D eigenvalue weighted by atomic mass is 14.3. The third-order valence-corrected chi connectivity index (χ3v) is 5.24. The average Bonchev–Trinajstić information content (AvgIpc) is 2.97. The maximum Gasteiger partial charge on any atom is -0.00549 e. The minimum Gasteiger partial charge on any atom is -0.103 e. The highest BCUT2D eigenvalue weighted by Gasteiger charge is 2.23. The van der Waals surface area contributed by atoms with Crippen LogP contribution in [0.25, 0.3) is 6.08 Å². The van der Waals surface area contributed by atoms with Gasteiger partial charge < -0.3 is 0 Å². The summed E-state index contributed by atoms with van der Waals surface area (Å²) in [7, 11) is 0. The molecular formula is C21H28. The van der Waals surface area contributed by atoms with Crippen LogP contribution >= 0.6 is 0 Å². The van der Waals surface area contributed by atoms with Crippen molar-refractivity contribution in [2.24, 2.45) is 5.92 Å². The van der Waals surface area contributed by atoms with E-state index in [1.54, 1.807) is 22.3 Å². The van der Waals surface area contributed by atoms with Crippen molar-refractivity contribution < 1.29 is 0 Å². The average molecular weight is 280 g/mol. The first-order valence-electron chi connectivity index (χ1n) is 8.80. The molecule has 2 aliphatic carbocycles. The van der Waals surface area contributed by atoms with E-state index in [1.807, 2.05) is 6.08 Å². The molecular weight excluding hydrogens is 252 g/mol. The normalized spacial score (nSPS) is 18.4. The topological polar surface area (TPSA) is 0 Å². The molecule has 2 aliphatic rings. The van der Waals surface area contributed by atoms with Crippen LogP contribution in [0.2, 0.25) is 0 Å². The van der Waals surface area contributed by atoms with Crippen LogP contribution < -0.4 is 0 Å². The first kappa shape index (κ1) is 14.6. The van der Waals surface area contributed by atoms with Crippen molar-refractivity contribution in [3.05, 3.63) is 53.1 Å². The molecule has 1 saturated carbocycles. The van der Waals surface area contributed by atoms with E-state index in [9.17, 15) is 0 Å². The number of fused-ring (bicyclic) bond motifs is 1. The molecule has 1 aromatic carbocycles. The molecule has 0 saturated heterocycles. The minimum absolute atomic E-state index is 0.875. The van der Waals surface area contributed by atoms with E-state index < -0.39 is 0 Å². The Balaban J connectivity index is 1.70. The molecule has 1 aromatic rings. The summed E-state index contributed by atoms with van der Waals surface area (Å²) in [5.41, 5.74) is 6.44. The Labute approximate surface area is 130 Å². The fourth-order valence-electron chi connectivity index (χ4n) is 4.02. The van der Waals surface area contributed by atoms with Crippen molar-refractivity contribution in [1.82, 2.24) is 0 Å². The van der Waals surface area contributed by atoms with Gasteiger partial charge in [0.05, 0.1) is 0 Å². The summed E-state index contributed by atoms with van der Waals surface area (Å²) in [6.07, 6.45) is 17.9. The molecule has 0 N–H and O–H groups in total. The van der Waals surface area contributed by atoms with Gasteiger partial charge in [-0.1, -0.05) is 55.2 Å². The molecule has 0 spiro atoms. The van der Waals surface area contributed by atoms with Gasteiger partial charge in [0.2, 0.25) is 0 Å². The van der Waals surface area contributed by atoms with Crippen molar-refractivity contribution >= 4 is 6.08 Å². The summed E-state index contributed by atoms with van der Waals surface area (Å²) in [6, 6.07) is 6.95. The maximum absolute atomic E-state index is 3.82. The highest BCUT2D eigenvalue weighted by Crippen LogP contribution is 2.38. The first-order valence-corrected chi connectivity index (χ1v) is 8.80. The zero-order valence-electron chi connectivity index (χ0n) is 13.2. The lowest BCUT2D eigenvalue weighted by Crippen LogP contribution is -2.08. The second-order valence-corrected chi connectivity index (χ2v) is 6.76. The van der Waals surface area contributed by atoms with E-state index in [-0.39, 0.29) is 0 Å². The fraction of sp³-hybridized carbons (Fsp3) is 0.524. The second-order valence-electron chi connectivity index (χ2n) is 6.76. The van der Waals surface area contributed by atoms with Crippen LogP contribution in [0.1, 0.15) is 68.1 Å². The molecule has 0 atom stereocenters. The molecule has 0 heterocycles. The van der Waals surface area contributed by atoms with Gasteiger partial charge in [-0.05, 0) is 67.6 Å². The van der Waals surface area contributed by atoms with Gasteiger partial charge in [-0.3, -0.25) is 0 Å². The van der Waals surface area contributed by atoms with E-state index in [0.717, 1.165) is 12.3 Å². The van der Waals surface area contributed by atoms with E-state index >= 15 is 0 Å². The fourth-order valence-corrected chi connectivity index (χ4v) is 4.02. The molecule has 0 radical (unpaired) electrons. The van der Waals surface area contributed by atoms with Gasteiger partial charge >= 0.3 is 0 Å². The quantitative estimate of drug-likeness (QED) is 0.436. The Morgan fingerprint density at radius 1 is 1.10 bits per heavy atom. The molecule has 0 heteroatoms. The standard InChI is InChI=1S/C21H28/c1-2-3-4-6-12-18-13-9-14-19-15-20(16-21(18)19)17-10-7-5-8-11-17/h2,9,13-14,16-17H,1,3-8,10-12,15H2. The van der Waals surface area contributed by atoms with Crippen LogP contribution in [0.4, 0.5) is 0 Å². The lowest BCUT2D eigenvalue weighted by Gasteiger charge is -2.22. The summed E-state index contributed by atoms with van der Waals surface area (Å²) in [5.74, 6) is 0.875. The number of unbranched alkanes of at least 4 members (excludes halogenated alkanes) is 2. The summed E-state index contributed by atoms with van der Waals surface area (Å²) < 4.78 is 0. The third kappa shape index (κ3) is 3.48. The first-order chi connectivity index (χ1) is 10.4. The van der Waals surface area contributed by atoms with Gasteiger partial charge in [0.1, 0.15) is 0 Å². The predicted molar refractivity (Wildman–Crippen MR) is 92.5 cm³/mol.